The third kappa shape index (κ3) is 1.95. The van der Waals surface area contributed by atoms with Gasteiger partial charge in [-0.25, -0.2) is 0 Å². The summed E-state index contributed by atoms with van der Waals surface area (Å²) in [6.07, 6.45) is 0. The number of nitrogens with zero attached hydrogens (tertiary/aromatic N) is 2. The molecule has 1 aromatic rings. The topological polar surface area (TPSA) is 57.2 Å². The Morgan fingerprint density at radius 3 is 2.92 bits per heavy atom. The van der Waals surface area contributed by atoms with E-state index in [2.05, 4.69) is 5.32 Å². The van der Waals surface area contributed by atoms with Gasteiger partial charge in [-0.3, -0.25) is 15.4 Å². The van der Waals surface area contributed by atoms with E-state index in [9.17, 15) is 10.1 Å². The van der Waals surface area contributed by atoms with Gasteiger partial charge in [0.2, 0.25) is 0 Å². The first-order valence-corrected chi connectivity index (χ1v) is 3.66. The first-order chi connectivity index (χ1) is 5.74. The normalized spacial score (nSPS) is 9.42. The molecule has 0 saturated carbocycles. The van der Waals surface area contributed by atoms with E-state index in [0.717, 1.165) is 0 Å². The van der Waals surface area contributed by atoms with E-state index < -0.39 is 4.92 Å². The van der Waals surface area contributed by atoms with E-state index in [4.69, 9.17) is 0 Å². The lowest BCUT2D eigenvalue weighted by Gasteiger charge is -1.97. The highest BCUT2D eigenvalue weighted by Gasteiger charge is 2.04. The molecule has 0 spiro atoms. The lowest BCUT2D eigenvalue weighted by molar-refractivity contribution is -0.384. The Labute approximate surface area is 70.4 Å². The van der Waals surface area contributed by atoms with Crippen LogP contribution in [0.1, 0.15) is 6.92 Å². The second kappa shape index (κ2) is 3.71. The summed E-state index contributed by atoms with van der Waals surface area (Å²) < 4.78 is 0. The summed E-state index contributed by atoms with van der Waals surface area (Å²) in [5.74, 6) is 0. The second-order valence-electron chi connectivity index (χ2n) is 2.25. The molecule has 0 unspecified atom stereocenters. The van der Waals surface area contributed by atoms with Crippen molar-refractivity contribution in [2.24, 2.45) is 0 Å². The van der Waals surface area contributed by atoms with E-state index in [0.29, 0.717) is 12.2 Å². The van der Waals surface area contributed by atoms with Gasteiger partial charge in [-0.05, 0) is 13.0 Å². The number of non-ortho nitro benzene ring substituents is 1. The summed E-state index contributed by atoms with van der Waals surface area (Å²) in [7, 11) is 0. The number of hydrogen-bond donors (Lipinski definition) is 0. The monoisotopic (exact) mass is 165 g/mol. The molecule has 12 heavy (non-hydrogen) atoms. The van der Waals surface area contributed by atoms with Crippen LogP contribution in [-0.2, 0) is 0 Å². The molecule has 4 nitrogen and oxygen atoms in total. The first kappa shape index (κ1) is 8.52. The van der Waals surface area contributed by atoms with Crippen LogP contribution in [0.3, 0.4) is 0 Å². The molecule has 0 atom stereocenters. The molecule has 0 saturated heterocycles. The summed E-state index contributed by atoms with van der Waals surface area (Å²) in [6, 6.07) is 6.29. The molecular formula is C8H9N2O2. The molecule has 0 aliphatic heterocycles. The molecule has 0 aliphatic rings. The Morgan fingerprint density at radius 1 is 1.58 bits per heavy atom. The Morgan fingerprint density at radius 2 is 2.33 bits per heavy atom. The molecule has 0 amide bonds. The van der Waals surface area contributed by atoms with Crippen molar-refractivity contribution in [1.82, 2.24) is 5.32 Å². The van der Waals surface area contributed by atoms with E-state index in [1.807, 2.05) is 6.92 Å². The minimum atomic E-state index is -0.422. The molecular weight excluding hydrogens is 156 g/mol. The van der Waals surface area contributed by atoms with Crippen LogP contribution in [0.25, 0.3) is 0 Å². The van der Waals surface area contributed by atoms with Crippen molar-refractivity contribution >= 4 is 11.4 Å². The van der Waals surface area contributed by atoms with Crippen LogP contribution in [0.4, 0.5) is 11.4 Å². The smallest absolute Gasteiger partial charge is 0.271 e. The van der Waals surface area contributed by atoms with Gasteiger partial charge in [0, 0.05) is 18.7 Å². The molecule has 1 radical (unpaired) electrons. The third-order valence-corrected chi connectivity index (χ3v) is 1.38. The number of benzene rings is 1. The van der Waals surface area contributed by atoms with Gasteiger partial charge < -0.3 is 0 Å². The van der Waals surface area contributed by atoms with Gasteiger partial charge in [-0.1, -0.05) is 6.07 Å². The standard InChI is InChI=1S/C8H9N2O2/c1-2-9-7-4-3-5-8(6-7)10(11)12/h3-6H,2H2,1H3. The largest absolute Gasteiger partial charge is 0.285 e. The molecule has 63 valence electrons. The Hall–Kier alpha value is -1.58. The van der Waals surface area contributed by atoms with Crippen LogP contribution in [0.15, 0.2) is 24.3 Å². The van der Waals surface area contributed by atoms with E-state index in [-0.39, 0.29) is 5.69 Å². The molecule has 1 aromatic carbocycles. The predicted octanol–water partition coefficient (Wildman–Crippen LogP) is 1.85. The van der Waals surface area contributed by atoms with Crippen LogP contribution in [0, 0.1) is 10.1 Å². The number of rotatable bonds is 3. The van der Waals surface area contributed by atoms with Gasteiger partial charge in [0.05, 0.1) is 10.6 Å². The van der Waals surface area contributed by atoms with Crippen molar-refractivity contribution in [2.45, 2.75) is 6.92 Å². The van der Waals surface area contributed by atoms with Gasteiger partial charge in [-0.2, -0.15) is 0 Å². The van der Waals surface area contributed by atoms with Crippen molar-refractivity contribution in [1.29, 1.82) is 0 Å². The van der Waals surface area contributed by atoms with Crippen molar-refractivity contribution in [2.75, 3.05) is 6.54 Å². The first-order valence-electron chi connectivity index (χ1n) is 3.66. The molecule has 0 fully saturated rings. The summed E-state index contributed by atoms with van der Waals surface area (Å²) in [4.78, 5) is 9.90. The van der Waals surface area contributed by atoms with Crippen LogP contribution in [0.2, 0.25) is 0 Å². The van der Waals surface area contributed by atoms with Crippen molar-refractivity contribution in [3.8, 4) is 0 Å². The maximum atomic E-state index is 10.3. The van der Waals surface area contributed by atoms with Crippen LogP contribution in [-0.4, -0.2) is 11.5 Å². The highest BCUT2D eigenvalue weighted by molar-refractivity contribution is 5.45. The minimum Gasteiger partial charge on any atom is -0.285 e. The Balaban J connectivity index is 2.88. The maximum Gasteiger partial charge on any atom is 0.271 e. The average molecular weight is 165 g/mol. The molecule has 0 N–H and O–H groups in total. The Bertz CT molecular complexity index is 286. The summed E-state index contributed by atoms with van der Waals surface area (Å²) in [5.41, 5.74) is 0.747. The SMILES string of the molecule is CC[N]c1cccc([N+](=O)[O-])c1. The lowest BCUT2D eigenvalue weighted by atomic mass is 10.3. The zero-order valence-corrected chi connectivity index (χ0v) is 6.73. The summed E-state index contributed by atoms with van der Waals surface area (Å²) in [6.45, 7) is 2.53. The molecule has 0 aromatic heterocycles. The molecule has 0 bridgehead atoms. The molecule has 0 aliphatic carbocycles. The van der Waals surface area contributed by atoms with Gasteiger partial charge in [0.1, 0.15) is 0 Å². The fraction of sp³-hybridized carbons (Fsp3) is 0.250. The quantitative estimate of drug-likeness (QED) is 0.507. The van der Waals surface area contributed by atoms with Crippen molar-refractivity contribution in [3.05, 3.63) is 34.4 Å². The third-order valence-electron chi connectivity index (χ3n) is 1.38. The van der Waals surface area contributed by atoms with Crippen LogP contribution < -0.4 is 5.32 Å². The molecule has 4 heteroatoms. The van der Waals surface area contributed by atoms with E-state index in [1.165, 1.54) is 12.1 Å². The van der Waals surface area contributed by atoms with Crippen molar-refractivity contribution < 1.29 is 4.92 Å². The summed E-state index contributed by atoms with van der Waals surface area (Å²) in [5, 5.41) is 14.4. The zero-order valence-electron chi connectivity index (χ0n) is 6.73. The molecule has 1 rings (SSSR count). The van der Waals surface area contributed by atoms with Gasteiger partial charge in [0.15, 0.2) is 0 Å². The zero-order chi connectivity index (χ0) is 8.97. The maximum absolute atomic E-state index is 10.3. The molecule has 0 heterocycles. The van der Waals surface area contributed by atoms with E-state index in [1.54, 1.807) is 12.1 Å². The predicted molar refractivity (Wildman–Crippen MR) is 45.4 cm³/mol. The van der Waals surface area contributed by atoms with Crippen LogP contribution >= 0.6 is 0 Å². The van der Waals surface area contributed by atoms with Gasteiger partial charge in [0.25, 0.3) is 5.69 Å². The second-order valence-corrected chi connectivity index (χ2v) is 2.25. The number of nitro groups is 1. The average Bonchev–Trinajstić information content (AvgIpc) is 2.05. The number of hydrogen-bond acceptors (Lipinski definition) is 2. The minimum absolute atomic E-state index is 0.0877. The fourth-order valence-corrected chi connectivity index (χ4v) is 0.888. The van der Waals surface area contributed by atoms with Gasteiger partial charge in [-0.15, -0.1) is 0 Å². The van der Waals surface area contributed by atoms with Crippen molar-refractivity contribution in [3.63, 3.8) is 0 Å². The van der Waals surface area contributed by atoms with Crippen LogP contribution in [0.5, 0.6) is 0 Å². The summed E-state index contributed by atoms with van der Waals surface area (Å²) >= 11 is 0. The highest BCUT2D eigenvalue weighted by atomic mass is 16.6. The van der Waals surface area contributed by atoms with E-state index >= 15 is 0 Å². The van der Waals surface area contributed by atoms with Gasteiger partial charge >= 0.3 is 0 Å². The lowest BCUT2D eigenvalue weighted by Crippen LogP contribution is -1.95. The highest BCUT2D eigenvalue weighted by Crippen LogP contribution is 2.16. The Kier molecular flexibility index (Phi) is 2.63. The fourth-order valence-electron chi connectivity index (χ4n) is 0.888. The number of nitro benzene ring substituents is 1.